The maximum Gasteiger partial charge on any atom is 0.191 e. The Labute approximate surface area is 171 Å². The van der Waals surface area contributed by atoms with E-state index in [1.807, 2.05) is 0 Å². The summed E-state index contributed by atoms with van der Waals surface area (Å²) < 4.78 is 6.16. The minimum absolute atomic E-state index is 0.0887. The van der Waals surface area contributed by atoms with Crippen molar-refractivity contribution < 1.29 is 4.74 Å². The molecule has 0 spiro atoms. The molecule has 0 saturated heterocycles. The average Bonchev–Trinajstić information content (AvgIpc) is 2.95. The van der Waals surface area contributed by atoms with E-state index in [1.54, 1.807) is 23.1 Å². The molecular weight excluding hydrogens is 376 g/mol. The van der Waals surface area contributed by atoms with E-state index in [1.165, 1.54) is 15.8 Å². The average molecular weight is 409 g/mol. The molecule has 3 rings (SSSR count). The summed E-state index contributed by atoms with van der Waals surface area (Å²) in [4.78, 5) is 14.4. The van der Waals surface area contributed by atoms with Gasteiger partial charge in [-0.25, -0.2) is 9.97 Å². The number of nitrogens with zero attached hydrogens (tertiary/aromatic N) is 3. The molecule has 5 nitrogen and oxygen atoms in total. The molecule has 1 unspecified atom stereocenters. The number of hydrogen-bond donors (Lipinski definition) is 1. The van der Waals surface area contributed by atoms with E-state index < -0.39 is 0 Å². The number of anilines is 1. The first kappa shape index (κ1) is 20.8. The van der Waals surface area contributed by atoms with Crippen LogP contribution in [0.25, 0.3) is 10.2 Å². The lowest BCUT2D eigenvalue weighted by molar-refractivity contribution is -0.0542. The zero-order valence-electron chi connectivity index (χ0n) is 17.4. The van der Waals surface area contributed by atoms with E-state index >= 15 is 0 Å². The number of hydrogen-bond acceptors (Lipinski definition) is 7. The van der Waals surface area contributed by atoms with Crippen molar-refractivity contribution in [3.63, 3.8) is 0 Å². The van der Waals surface area contributed by atoms with Gasteiger partial charge in [-0.3, -0.25) is 0 Å². The second kappa shape index (κ2) is 8.64. The summed E-state index contributed by atoms with van der Waals surface area (Å²) in [5.41, 5.74) is 1.30. The van der Waals surface area contributed by atoms with Crippen LogP contribution in [0, 0.1) is 0 Å². The van der Waals surface area contributed by atoms with Crippen molar-refractivity contribution in [1.82, 2.24) is 14.9 Å². The number of fused-ring (bicyclic) bond motifs is 3. The lowest BCUT2D eigenvalue weighted by Crippen LogP contribution is -2.34. The Morgan fingerprint density at radius 1 is 1.33 bits per heavy atom. The van der Waals surface area contributed by atoms with Gasteiger partial charge in [0.15, 0.2) is 5.16 Å². The smallest absolute Gasteiger partial charge is 0.191 e. The summed E-state index contributed by atoms with van der Waals surface area (Å²) in [6.45, 7) is 11.5. The van der Waals surface area contributed by atoms with Crippen LogP contribution in [0.4, 0.5) is 5.82 Å². The summed E-state index contributed by atoms with van der Waals surface area (Å²) in [7, 11) is 4.22. The molecule has 7 heteroatoms. The van der Waals surface area contributed by atoms with E-state index in [0.717, 1.165) is 48.2 Å². The maximum atomic E-state index is 6.16. The Morgan fingerprint density at radius 3 is 2.78 bits per heavy atom. The van der Waals surface area contributed by atoms with Gasteiger partial charge >= 0.3 is 0 Å². The van der Waals surface area contributed by atoms with Crippen molar-refractivity contribution in [3.05, 3.63) is 10.4 Å². The van der Waals surface area contributed by atoms with Crippen LogP contribution in [-0.2, 0) is 17.8 Å². The largest absolute Gasteiger partial charge is 0.369 e. The Bertz CT molecular complexity index is 790. The molecular formula is C20H32N4OS2. The fraction of sp³-hybridized carbons (Fsp3) is 0.700. The van der Waals surface area contributed by atoms with Crippen LogP contribution in [0.5, 0.6) is 0 Å². The van der Waals surface area contributed by atoms with Crippen LogP contribution in [0.3, 0.4) is 0 Å². The van der Waals surface area contributed by atoms with Gasteiger partial charge in [0, 0.05) is 23.1 Å². The number of aromatic nitrogens is 2. The molecule has 0 bridgehead atoms. The first-order valence-electron chi connectivity index (χ1n) is 9.83. The van der Waals surface area contributed by atoms with Crippen LogP contribution in [0.15, 0.2) is 5.16 Å². The van der Waals surface area contributed by atoms with Crippen molar-refractivity contribution in [2.45, 2.75) is 69.6 Å². The highest BCUT2D eigenvalue weighted by molar-refractivity contribution is 7.99. The van der Waals surface area contributed by atoms with Gasteiger partial charge in [-0.2, -0.15) is 0 Å². The molecule has 2 aromatic heterocycles. The van der Waals surface area contributed by atoms with Crippen LogP contribution in [-0.4, -0.2) is 52.9 Å². The molecule has 1 atom stereocenters. The number of ether oxygens (including phenoxy) is 1. The van der Waals surface area contributed by atoms with Crippen LogP contribution in [0.2, 0.25) is 0 Å². The predicted octanol–water partition coefficient (Wildman–Crippen LogP) is 4.80. The maximum absolute atomic E-state index is 6.16. The highest BCUT2D eigenvalue weighted by atomic mass is 32.2. The fourth-order valence-corrected chi connectivity index (χ4v) is 5.14. The van der Waals surface area contributed by atoms with Gasteiger partial charge in [0.25, 0.3) is 0 Å². The van der Waals surface area contributed by atoms with Crippen molar-refractivity contribution in [2.75, 3.05) is 32.5 Å². The molecule has 0 aromatic carbocycles. The standard InChI is InChI=1S/C20H32N4OS2/c1-7-20(4)11-14-15(12-25-20)27-18-16(14)17(21-9-8-10-24(5)6)22-19(23-18)26-13(2)3/h13H,7-12H2,1-6H3,(H,21,22,23). The quantitative estimate of drug-likeness (QED) is 0.385. The topological polar surface area (TPSA) is 50.3 Å². The minimum atomic E-state index is -0.0887. The second-order valence-corrected chi connectivity index (χ2v) is 10.7. The summed E-state index contributed by atoms with van der Waals surface area (Å²) in [5, 5.41) is 6.16. The normalized spacial score (nSPS) is 19.9. The van der Waals surface area contributed by atoms with Crippen molar-refractivity contribution in [2.24, 2.45) is 0 Å². The monoisotopic (exact) mass is 408 g/mol. The van der Waals surface area contributed by atoms with Crippen LogP contribution in [0.1, 0.15) is 51.0 Å². The third-order valence-electron chi connectivity index (χ3n) is 4.98. The first-order chi connectivity index (χ1) is 12.8. The van der Waals surface area contributed by atoms with Crippen molar-refractivity contribution in [3.8, 4) is 0 Å². The number of thioether (sulfide) groups is 1. The van der Waals surface area contributed by atoms with E-state index in [9.17, 15) is 0 Å². The van der Waals surface area contributed by atoms with Crippen LogP contribution < -0.4 is 5.32 Å². The van der Waals surface area contributed by atoms with Gasteiger partial charge in [0.2, 0.25) is 0 Å². The zero-order valence-corrected chi connectivity index (χ0v) is 19.0. The van der Waals surface area contributed by atoms with Gasteiger partial charge in [-0.1, -0.05) is 32.5 Å². The molecule has 1 N–H and O–H groups in total. The van der Waals surface area contributed by atoms with E-state index in [4.69, 9.17) is 14.7 Å². The molecule has 2 aromatic rings. The van der Waals surface area contributed by atoms with Gasteiger partial charge < -0.3 is 15.0 Å². The van der Waals surface area contributed by atoms with E-state index in [-0.39, 0.29) is 5.60 Å². The molecule has 150 valence electrons. The summed E-state index contributed by atoms with van der Waals surface area (Å²) in [5.74, 6) is 1.000. The molecule has 27 heavy (non-hydrogen) atoms. The molecule has 1 aliphatic heterocycles. The van der Waals surface area contributed by atoms with E-state index in [0.29, 0.717) is 11.9 Å². The number of thiophene rings is 1. The van der Waals surface area contributed by atoms with Gasteiger partial charge in [-0.15, -0.1) is 11.3 Å². The highest BCUT2D eigenvalue weighted by Crippen LogP contribution is 2.42. The highest BCUT2D eigenvalue weighted by Gasteiger charge is 2.33. The molecule has 0 aliphatic carbocycles. The third-order valence-corrected chi connectivity index (χ3v) is 6.94. The summed E-state index contributed by atoms with van der Waals surface area (Å²) in [6, 6.07) is 0. The van der Waals surface area contributed by atoms with Crippen molar-refractivity contribution >= 4 is 39.1 Å². The molecule has 3 heterocycles. The van der Waals surface area contributed by atoms with Gasteiger partial charge in [-0.05, 0) is 46.0 Å². The Kier molecular flexibility index (Phi) is 6.66. The predicted molar refractivity (Wildman–Crippen MR) is 117 cm³/mol. The SMILES string of the molecule is CCC1(C)Cc2c(sc3nc(SC(C)C)nc(NCCCN(C)C)c23)CO1. The lowest BCUT2D eigenvalue weighted by Gasteiger charge is -2.33. The van der Waals surface area contributed by atoms with Gasteiger partial charge in [0.1, 0.15) is 10.6 Å². The van der Waals surface area contributed by atoms with Gasteiger partial charge in [0.05, 0.1) is 17.6 Å². The van der Waals surface area contributed by atoms with E-state index in [2.05, 4.69) is 52.0 Å². The Hall–Kier alpha value is -0.890. The van der Waals surface area contributed by atoms with Crippen molar-refractivity contribution in [1.29, 1.82) is 0 Å². The number of nitrogens with one attached hydrogen (secondary N) is 1. The zero-order chi connectivity index (χ0) is 19.6. The Balaban J connectivity index is 1.97. The lowest BCUT2D eigenvalue weighted by atomic mass is 9.90. The molecule has 1 aliphatic rings. The molecule has 0 amide bonds. The van der Waals surface area contributed by atoms with Crippen LogP contribution >= 0.6 is 23.1 Å². The third kappa shape index (κ3) is 4.94. The summed E-state index contributed by atoms with van der Waals surface area (Å²) >= 11 is 3.50. The molecule has 0 fully saturated rings. The Morgan fingerprint density at radius 2 is 2.11 bits per heavy atom. The molecule has 0 saturated carbocycles. The minimum Gasteiger partial charge on any atom is -0.369 e. The number of rotatable bonds is 8. The second-order valence-electron chi connectivity index (χ2n) is 8.06. The molecule has 0 radical (unpaired) electrons. The summed E-state index contributed by atoms with van der Waals surface area (Å²) in [6.07, 6.45) is 3.04. The first-order valence-corrected chi connectivity index (χ1v) is 11.5. The fourth-order valence-electron chi connectivity index (χ4n) is 3.27.